The van der Waals surface area contributed by atoms with E-state index >= 15 is 0 Å². The Morgan fingerprint density at radius 3 is 2.76 bits per heavy atom. The molecule has 0 radical (unpaired) electrons. The zero-order chi connectivity index (χ0) is 19.7. The lowest BCUT2D eigenvalue weighted by molar-refractivity contribution is -0.0503. The number of hydrogen-bond acceptors (Lipinski definition) is 6. The average molecular weight is 429 g/mol. The first-order valence-corrected chi connectivity index (χ1v) is 9.42. The van der Waals surface area contributed by atoms with Crippen LogP contribution in [0.3, 0.4) is 0 Å². The molecule has 2 fully saturated rings. The van der Waals surface area contributed by atoms with Gasteiger partial charge in [-0.1, -0.05) is 17.3 Å². The van der Waals surface area contributed by atoms with Gasteiger partial charge in [0.2, 0.25) is 5.89 Å². The largest absolute Gasteiger partial charge is 0.434 e. The molecule has 1 aliphatic carbocycles. The third kappa shape index (κ3) is 4.35. The average Bonchev–Trinajstić information content (AvgIpc) is 3.16. The van der Waals surface area contributed by atoms with Gasteiger partial charge in [0, 0.05) is 13.1 Å². The number of aromatic nitrogens is 2. The summed E-state index contributed by atoms with van der Waals surface area (Å²) in [6.07, 6.45) is 4.27. The topological polar surface area (TPSA) is 94.5 Å². The van der Waals surface area contributed by atoms with Gasteiger partial charge in [-0.15, -0.1) is 12.4 Å². The van der Waals surface area contributed by atoms with Crippen LogP contribution in [-0.4, -0.2) is 40.6 Å². The zero-order valence-corrected chi connectivity index (χ0v) is 16.5. The number of rotatable bonds is 5. The maximum Gasteiger partial charge on any atom is 0.387 e. The molecule has 1 saturated carbocycles. The number of para-hydroxylation sites is 1. The summed E-state index contributed by atoms with van der Waals surface area (Å²) in [5.41, 5.74) is 5.86. The second-order valence-corrected chi connectivity index (χ2v) is 7.43. The number of halogens is 3. The zero-order valence-electron chi connectivity index (χ0n) is 15.7. The van der Waals surface area contributed by atoms with Gasteiger partial charge in [-0.3, -0.25) is 4.79 Å². The van der Waals surface area contributed by atoms with Gasteiger partial charge in [0.05, 0.1) is 17.0 Å². The van der Waals surface area contributed by atoms with Gasteiger partial charge in [-0.05, 0) is 44.2 Å². The van der Waals surface area contributed by atoms with Crippen LogP contribution in [0.5, 0.6) is 5.75 Å². The minimum atomic E-state index is -2.99. The number of alkyl halides is 2. The summed E-state index contributed by atoms with van der Waals surface area (Å²) in [6, 6.07) is 6.03. The van der Waals surface area contributed by atoms with Gasteiger partial charge in [0.1, 0.15) is 5.75 Å². The number of benzene rings is 1. The monoisotopic (exact) mass is 428 g/mol. The van der Waals surface area contributed by atoms with Gasteiger partial charge in [-0.2, -0.15) is 13.8 Å². The molecule has 1 aliphatic heterocycles. The summed E-state index contributed by atoms with van der Waals surface area (Å²) >= 11 is 0. The summed E-state index contributed by atoms with van der Waals surface area (Å²) in [5, 5.41) is 4.04. The Kier molecular flexibility index (Phi) is 6.38. The number of nitrogens with zero attached hydrogens (tertiary/aromatic N) is 3. The number of carbonyl (C=O) groups excluding carboxylic acids is 1. The predicted molar refractivity (Wildman–Crippen MR) is 102 cm³/mol. The van der Waals surface area contributed by atoms with Crippen LogP contribution >= 0.6 is 12.4 Å². The molecule has 0 spiro atoms. The normalized spacial score (nSPS) is 20.7. The van der Waals surface area contributed by atoms with Crippen molar-refractivity contribution in [1.29, 1.82) is 0 Å². The Hall–Kier alpha value is -2.26. The van der Waals surface area contributed by atoms with Crippen molar-refractivity contribution in [2.45, 2.75) is 50.2 Å². The van der Waals surface area contributed by atoms with E-state index < -0.39 is 12.2 Å². The van der Waals surface area contributed by atoms with Crippen molar-refractivity contribution in [2.75, 3.05) is 13.1 Å². The van der Waals surface area contributed by atoms with Crippen LogP contribution in [0.4, 0.5) is 8.78 Å². The minimum Gasteiger partial charge on any atom is -0.434 e. The van der Waals surface area contributed by atoms with Crippen LogP contribution in [0.25, 0.3) is 0 Å². The maximum absolute atomic E-state index is 12.9. The van der Waals surface area contributed by atoms with Crippen molar-refractivity contribution >= 4 is 18.3 Å². The highest BCUT2D eigenvalue weighted by Crippen LogP contribution is 2.38. The fraction of sp³-hybridized carbons (Fsp3) is 0.526. The summed E-state index contributed by atoms with van der Waals surface area (Å²) in [4.78, 5) is 19.0. The van der Waals surface area contributed by atoms with Crippen LogP contribution in [-0.2, 0) is 5.54 Å². The fourth-order valence-electron chi connectivity index (χ4n) is 3.76. The van der Waals surface area contributed by atoms with Crippen molar-refractivity contribution in [3.63, 3.8) is 0 Å². The molecule has 29 heavy (non-hydrogen) atoms. The van der Waals surface area contributed by atoms with Crippen LogP contribution in [0, 0.1) is 0 Å². The third-order valence-electron chi connectivity index (χ3n) is 5.52. The van der Waals surface area contributed by atoms with Gasteiger partial charge in [-0.25, -0.2) is 0 Å². The SMILES string of the molecule is Cl.NC1(c2noc(C3CCCN(C(=O)c4ccccc4OC(F)F)C3)n2)CCC1. The molecule has 10 heteroatoms. The Balaban J connectivity index is 0.00000240. The summed E-state index contributed by atoms with van der Waals surface area (Å²) in [6.45, 7) is -2.09. The number of nitrogens with two attached hydrogens (primary N) is 1. The number of likely N-dealkylation sites (tertiary alicyclic amines) is 1. The predicted octanol–water partition coefficient (Wildman–Crippen LogP) is 3.45. The molecule has 2 N–H and O–H groups in total. The summed E-state index contributed by atoms with van der Waals surface area (Å²) in [5.74, 6) is 0.412. The first-order valence-electron chi connectivity index (χ1n) is 9.42. The lowest BCUT2D eigenvalue weighted by Crippen LogP contribution is -2.44. The first-order chi connectivity index (χ1) is 13.5. The molecule has 1 saturated heterocycles. The van der Waals surface area contributed by atoms with E-state index in [9.17, 15) is 13.6 Å². The highest BCUT2D eigenvalue weighted by Gasteiger charge is 2.40. The molecule has 4 rings (SSSR count). The Labute approximate surface area is 173 Å². The number of piperidine rings is 1. The van der Waals surface area contributed by atoms with Gasteiger partial charge >= 0.3 is 6.61 Å². The van der Waals surface area contributed by atoms with Crippen molar-refractivity contribution in [3.05, 3.63) is 41.5 Å². The quantitative estimate of drug-likeness (QED) is 0.783. The minimum absolute atomic E-state index is 0. The van der Waals surface area contributed by atoms with E-state index in [1.807, 2.05) is 0 Å². The first kappa shape index (κ1) is 21.4. The van der Waals surface area contributed by atoms with Crippen molar-refractivity contribution < 1.29 is 22.8 Å². The highest BCUT2D eigenvalue weighted by molar-refractivity contribution is 5.97. The second-order valence-electron chi connectivity index (χ2n) is 7.43. The Morgan fingerprint density at radius 2 is 2.07 bits per heavy atom. The van der Waals surface area contributed by atoms with Crippen LogP contribution in [0.1, 0.15) is 60.1 Å². The van der Waals surface area contributed by atoms with E-state index in [1.165, 1.54) is 12.1 Å². The molecule has 158 valence electrons. The Morgan fingerprint density at radius 1 is 1.31 bits per heavy atom. The smallest absolute Gasteiger partial charge is 0.387 e. The van der Waals surface area contributed by atoms with Crippen LogP contribution < -0.4 is 10.5 Å². The van der Waals surface area contributed by atoms with E-state index in [1.54, 1.807) is 17.0 Å². The van der Waals surface area contributed by atoms with E-state index in [-0.39, 0.29) is 35.5 Å². The molecule has 2 heterocycles. The van der Waals surface area contributed by atoms with E-state index in [2.05, 4.69) is 14.9 Å². The molecule has 7 nitrogen and oxygen atoms in total. The standard InChI is InChI=1S/C19H22F2N4O3.ClH/c20-18(21)27-14-7-2-1-6-13(14)16(26)25-10-3-5-12(11-25)15-23-17(24-28-15)19(22)8-4-9-19;/h1-2,6-7,12,18H,3-5,8-11,22H2;1H. The number of amides is 1. The summed E-state index contributed by atoms with van der Waals surface area (Å²) in [7, 11) is 0. The van der Waals surface area contributed by atoms with Gasteiger partial charge in [0.15, 0.2) is 5.82 Å². The molecule has 2 aromatic rings. The highest BCUT2D eigenvalue weighted by atomic mass is 35.5. The van der Waals surface area contributed by atoms with E-state index in [0.29, 0.717) is 24.8 Å². The molecule has 2 aliphatic rings. The summed E-state index contributed by atoms with van der Waals surface area (Å²) < 4.78 is 35.2. The van der Waals surface area contributed by atoms with E-state index in [4.69, 9.17) is 10.3 Å². The van der Waals surface area contributed by atoms with Crippen molar-refractivity contribution in [3.8, 4) is 5.75 Å². The number of carbonyl (C=O) groups is 1. The van der Waals surface area contributed by atoms with Crippen molar-refractivity contribution in [2.24, 2.45) is 5.73 Å². The molecule has 1 unspecified atom stereocenters. The molecular formula is C19H23ClF2N4O3. The molecule has 1 atom stereocenters. The maximum atomic E-state index is 12.9. The van der Waals surface area contributed by atoms with Gasteiger partial charge in [0.25, 0.3) is 5.91 Å². The third-order valence-corrected chi connectivity index (χ3v) is 5.52. The lowest BCUT2D eigenvalue weighted by Gasteiger charge is -2.34. The molecule has 1 amide bonds. The number of hydrogen-bond donors (Lipinski definition) is 1. The Bertz CT molecular complexity index is 859. The molecule has 1 aromatic carbocycles. The lowest BCUT2D eigenvalue weighted by atomic mass is 9.77. The fourth-order valence-corrected chi connectivity index (χ4v) is 3.76. The van der Waals surface area contributed by atoms with E-state index in [0.717, 1.165) is 32.1 Å². The molecule has 0 bridgehead atoms. The van der Waals surface area contributed by atoms with Crippen LogP contribution in [0.15, 0.2) is 28.8 Å². The molecular weight excluding hydrogens is 406 g/mol. The second kappa shape index (κ2) is 8.62. The van der Waals surface area contributed by atoms with Crippen LogP contribution in [0.2, 0.25) is 0 Å². The van der Waals surface area contributed by atoms with Crippen molar-refractivity contribution in [1.82, 2.24) is 15.0 Å². The van der Waals surface area contributed by atoms with Gasteiger partial charge < -0.3 is 19.9 Å². The number of ether oxygens (including phenoxy) is 1. The molecule has 1 aromatic heterocycles.